The van der Waals surface area contributed by atoms with Crippen LogP contribution in [0.15, 0.2) is 58.1 Å². The lowest BCUT2D eigenvalue weighted by Crippen LogP contribution is -2.24. The number of nitrogens with zero attached hydrogens (tertiary/aromatic N) is 4. The molecule has 0 aliphatic carbocycles. The van der Waals surface area contributed by atoms with E-state index in [0.717, 1.165) is 34.6 Å². The molecule has 0 atom stereocenters. The van der Waals surface area contributed by atoms with E-state index >= 15 is 0 Å². The lowest BCUT2D eigenvalue weighted by Gasteiger charge is -2.14. The van der Waals surface area contributed by atoms with Gasteiger partial charge in [0.25, 0.3) is 5.56 Å². The maximum Gasteiger partial charge on any atom is 0.253 e. The van der Waals surface area contributed by atoms with Gasteiger partial charge in [-0.3, -0.25) is 9.78 Å². The average molecular weight is 446 g/mol. The molecule has 3 aromatic heterocycles. The Morgan fingerprint density at radius 3 is 2.55 bits per heavy atom. The van der Waals surface area contributed by atoms with Gasteiger partial charge in [0.15, 0.2) is 5.76 Å². The number of hydrogen-bond donors (Lipinski definition) is 1. The Hall–Kier alpha value is -3.58. The molecule has 7 heteroatoms. The highest BCUT2D eigenvalue weighted by molar-refractivity contribution is 5.68. The first kappa shape index (κ1) is 22.6. The Morgan fingerprint density at radius 1 is 1.12 bits per heavy atom. The zero-order valence-electron chi connectivity index (χ0n) is 19.7. The van der Waals surface area contributed by atoms with Crippen LogP contribution in [0.4, 0.5) is 0 Å². The number of rotatable bonds is 7. The summed E-state index contributed by atoms with van der Waals surface area (Å²) >= 11 is 0. The Labute approximate surface area is 195 Å². The molecule has 3 heterocycles. The first-order valence-electron chi connectivity index (χ1n) is 11.2. The molecule has 0 bridgehead atoms. The minimum atomic E-state index is 0. The van der Waals surface area contributed by atoms with Crippen LogP contribution in [-0.2, 0) is 13.0 Å². The maximum absolute atomic E-state index is 12.7. The van der Waals surface area contributed by atoms with Crippen LogP contribution in [0.2, 0.25) is 0 Å². The van der Waals surface area contributed by atoms with Gasteiger partial charge in [-0.2, -0.15) is 0 Å². The Bertz CT molecular complexity index is 1330. The highest BCUT2D eigenvalue weighted by Crippen LogP contribution is 2.28. The Kier molecular flexibility index (Phi) is 6.51. The molecule has 4 rings (SSSR count). The molecule has 0 fully saturated rings. The van der Waals surface area contributed by atoms with E-state index in [-0.39, 0.29) is 13.0 Å². The van der Waals surface area contributed by atoms with Crippen molar-refractivity contribution in [2.45, 2.75) is 46.7 Å². The van der Waals surface area contributed by atoms with Crippen LogP contribution in [0.25, 0.3) is 34.0 Å². The topological polar surface area (TPSA) is 85.8 Å². The Morgan fingerprint density at radius 2 is 1.88 bits per heavy atom. The van der Waals surface area contributed by atoms with Crippen LogP contribution in [-0.4, -0.2) is 26.7 Å². The van der Waals surface area contributed by atoms with E-state index < -0.39 is 0 Å². The molecule has 1 aromatic carbocycles. The normalized spacial score (nSPS) is 11.3. The van der Waals surface area contributed by atoms with Gasteiger partial charge in [0.2, 0.25) is 0 Å². The summed E-state index contributed by atoms with van der Waals surface area (Å²) in [6, 6.07) is 12.1. The van der Waals surface area contributed by atoms with Crippen molar-refractivity contribution in [3.8, 4) is 34.0 Å². The Balaban J connectivity index is 0.00000324. The maximum atomic E-state index is 12.7. The van der Waals surface area contributed by atoms with E-state index in [1.54, 1.807) is 10.8 Å². The summed E-state index contributed by atoms with van der Waals surface area (Å²) in [7, 11) is 1.93. The summed E-state index contributed by atoms with van der Waals surface area (Å²) < 4.78 is 7.41. The smallest absolute Gasteiger partial charge is 0.253 e. The molecule has 1 N–H and O–H groups in total. The van der Waals surface area contributed by atoms with E-state index in [4.69, 9.17) is 9.51 Å². The lowest BCUT2D eigenvalue weighted by molar-refractivity contribution is 0.433. The second-order valence-electron chi connectivity index (χ2n) is 8.41. The highest BCUT2D eigenvalue weighted by atomic mass is 16.5. The van der Waals surface area contributed by atoms with E-state index in [2.05, 4.69) is 27.6 Å². The fraction of sp³-hybridized carbons (Fsp3) is 0.308. The molecular formula is C26H31N5O2. The SMILES string of the molecule is CCc1cc(-c2cnc(C)c(-c3cc(-c4ccc(CNC)cc4)no3)n2)cn(C(C)C)c1=O.[HH]. The van der Waals surface area contributed by atoms with Crippen molar-refractivity contribution in [3.05, 3.63) is 76.0 Å². The monoisotopic (exact) mass is 445 g/mol. The van der Waals surface area contributed by atoms with Gasteiger partial charge in [-0.1, -0.05) is 36.3 Å². The molecule has 7 nitrogen and oxygen atoms in total. The first-order chi connectivity index (χ1) is 15.9. The number of benzene rings is 1. The molecule has 0 aliphatic rings. The van der Waals surface area contributed by atoms with E-state index in [0.29, 0.717) is 23.6 Å². The molecule has 172 valence electrons. The van der Waals surface area contributed by atoms with Crippen LogP contribution in [0, 0.1) is 6.92 Å². The molecule has 4 aromatic rings. The van der Waals surface area contributed by atoms with Crippen LogP contribution in [0.1, 0.15) is 45.1 Å². The van der Waals surface area contributed by atoms with Crippen molar-refractivity contribution in [1.29, 1.82) is 0 Å². The minimum Gasteiger partial charge on any atom is -0.354 e. The van der Waals surface area contributed by atoms with Crippen molar-refractivity contribution in [3.63, 3.8) is 0 Å². The summed E-state index contributed by atoms with van der Waals surface area (Å²) in [4.78, 5) is 22.1. The number of aromatic nitrogens is 4. The fourth-order valence-electron chi connectivity index (χ4n) is 3.78. The molecule has 0 radical (unpaired) electrons. The van der Waals surface area contributed by atoms with Gasteiger partial charge in [0, 0.05) is 43.0 Å². The van der Waals surface area contributed by atoms with Gasteiger partial charge < -0.3 is 14.4 Å². The fourth-order valence-corrected chi connectivity index (χ4v) is 3.78. The molecule has 0 amide bonds. The number of hydrogen-bond acceptors (Lipinski definition) is 6. The van der Waals surface area contributed by atoms with Gasteiger partial charge in [0.1, 0.15) is 11.4 Å². The predicted octanol–water partition coefficient (Wildman–Crippen LogP) is 5.04. The van der Waals surface area contributed by atoms with Gasteiger partial charge in [-0.05, 0) is 45.9 Å². The van der Waals surface area contributed by atoms with Crippen LogP contribution in [0.5, 0.6) is 0 Å². The average Bonchev–Trinajstić information content (AvgIpc) is 3.30. The van der Waals surface area contributed by atoms with Gasteiger partial charge >= 0.3 is 0 Å². The zero-order valence-corrected chi connectivity index (χ0v) is 19.7. The zero-order chi connectivity index (χ0) is 23.5. The van der Waals surface area contributed by atoms with Crippen molar-refractivity contribution in [2.24, 2.45) is 0 Å². The molecule has 0 aliphatic heterocycles. The van der Waals surface area contributed by atoms with E-state index in [9.17, 15) is 4.79 Å². The number of aryl methyl sites for hydroxylation is 2. The first-order valence-corrected chi connectivity index (χ1v) is 11.2. The highest BCUT2D eigenvalue weighted by Gasteiger charge is 2.16. The largest absolute Gasteiger partial charge is 0.354 e. The third-order valence-electron chi connectivity index (χ3n) is 5.68. The molecule has 33 heavy (non-hydrogen) atoms. The third-order valence-corrected chi connectivity index (χ3v) is 5.68. The quantitative estimate of drug-likeness (QED) is 0.429. The van der Waals surface area contributed by atoms with Gasteiger partial charge in [-0.15, -0.1) is 0 Å². The van der Waals surface area contributed by atoms with Crippen molar-refractivity contribution < 1.29 is 5.95 Å². The molecular weight excluding hydrogens is 414 g/mol. The summed E-state index contributed by atoms with van der Waals surface area (Å²) in [6.45, 7) is 8.69. The molecule has 0 saturated carbocycles. The van der Waals surface area contributed by atoms with Gasteiger partial charge in [-0.25, -0.2) is 4.98 Å². The number of pyridine rings is 1. The summed E-state index contributed by atoms with van der Waals surface area (Å²) in [5, 5.41) is 7.40. The minimum absolute atomic E-state index is 0. The van der Waals surface area contributed by atoms with Crippen molar-refractivity contribution in [2.75, 3.05) is 7.05 Å². The molecule has 0 spiro atoms. The van der Waals surface area contributed by atoms with E-state index in [1.807, 2.05) is 65.2 Å². The summed E-state index contributed by atoms with van der Waals surface area (Å²) in [6.07, 6.45) is 4.25. The van der Waals surface area contributed by atoms with Crippen LogP contribution >= 0.6 is 0 Å². The lowest BCUT2D eigenvalue weighted by atomic mass is 10.1. The summed E-state index contributed by atoms with van der Waals surface area (Å²) in [5.74, 6) is 0.559. The second kappa shape index (κ2) is 9.50. The van der Waals surface area contributed by atoms with Gasteiger partial charge in [0.05, 0.1) is 17.6 Å². The third kappa shape index (κ3) is 4.64. The summed E-state index contributed by atoms with van der Waals surface area (Å²) in [5.41, 5.74) is 6.65. The molecule has 0 unspecified atom stereocenters. The van der Waals surface area contributed by atoms with Crippen molar-refractivity contribution >= 4 is 0 Å². The second-order valence-corrected chi connectivity index (χ2v) is 8.41. The molecule has 0 saturated heterocycles. The van der Waals surface area contributed by atoms with E-state index in [1.165, 1.54) is 5.56 Å². The van der Waals surface area contributed by atoms with Crippen LogP contribution in [0.3, 0.4) is 0 Å². The predicted molar refractivity (Wildman–Crippen MR) is 132 cm³/mol. The standard InChI is InChI=1S/C26H29N5O2.H2/c1-6-19-11-21(15-31(16(2)3)26(19)32)23-14-28-17(4)25(29-23)24-12-22(30-33-24)20-9-7-18(8-10-20)13-27-5;/h7-12,14-16,27H,6,13H2,1-5H3;1H. The van der Waals surface area contributed by atoms with Crippen molar-refractivity contribution in [1.82, 2.24) is 25.0 Å². The van der Waals surface area contributed by atoms with Crippen LogP contribution < -0.4 is 10.9 Å². The number of nitrogens with one attached hydrogen (secondary N) is 1.